The van der Waals surface area contributed by atoms with Crippen molar-refractivity contribution in [2.75, 3.05) is 12.4 Å². The summed E-state index contributed by atoms with van der Waals surface area (Å²) in [5.74, 6) is 0.539. The smallest absolute Gasteiger partial charge is 0.321 e. The minimum Gasteiger partial charge on any atom is -0.469 e. The van der Waals surface area contributed by atoms with Gasteiger partial charge in [-0.2, -0.15) is 0 Å². The van der Waals surface area contributed by atoms with Gasteiger partial charge in [-0.15, -0.1) is 0 Å². The molecule has 2 aromatic rings. The van der Waals surface area contributed by atoms with E-state index in [1.54, 1.807) is 37.1 Å². The van der Waals surface area contributed by atoms with Gasteiger partial charge in [0.15, 0.2) is 5.78 Å². The van der Waals surface area contributed by atoms with Crippen LogP contribution in [0.4, 0.5) is 10.5 Å². The van der Waals surface area contributed by atoms with E-state index >= 15 is 0 Å². The molecule has 102 valence electrons. The molecule has 5 heteroatoms. The largest absolute Gasteiger partial charge is 0.469 e. The van der Waals surface area contributed by atoms with Gasteiger partial charge in [-0.05, 0) is 36.8 Å². The van der Waals surface area contributed by atoms with Crippen molar-refractivity contribution in [2.45, 2.75) is 13.5 Å². The van der Waals surface area contributed by atoms with Gasteiger partial charge in [0.05, 0.1) is 11.8 Å². The number of benzene rings is 1. The second-order valence-electron chi connectivity index (χ2n) is 4.88. The Hall–Kier alpha value is -2.56. The minimum atomic E-state index is -0.137. The van der Waals surface area contributed by atoms with E-state index in [-0.39, 0.29) is 11.8 Å². The lowest BCUT2D eigenvalue weighted by molar-refractivity contribution is 0.103. The van der Waals surface area contributed by atoms with Crippen LogP contribution in [-0.4, -0.2) is 23.8 Å². The summed E-state index contributed by atoms with van der Waals surface area (Å²) in [6.07, 6.45) is 1.51. The standard InChI is InChI=1S/C15H14N2O3/c1-9-12(5-6-20-9)14(18)10-3-4-13-11(7-10)8-17(2)15(19)16-13/h3-7H,8H2,1-2H3,(H,16,19). The number of carbonyl (C=O) groups is 2. The van der Waals surface area contributed by atoms with E-state index in [1.807, 2.05) is 6.07 Å². The summed E-state index contributed by atoms with van der Waals surface area (Å²) in [6, 6.07) is 6.84. The molecular weight excluding hydrogens is 256 g/mol. The second kappa shape index (κ2) is 4.52. The quantitative estimate of drug-likeness (QED) is 0.853. The maximum absolute atomic E-state index is 12.4. The zero-order chi connectivity index (χ0) is 14.3. The highest BCUT2D eigenvalue weighted by molar-refractivity contribution is 6.10. The zero-order valence-corrected chi connectivity index (χ0v) is 11.3. The highest BCUT2D eigenvalue weighted by Gasteiger charge is 2.21. The fraction of sp³-hybridized carbons (Fsp3) is 0.200. The Kier molecular flexibility index (Phi) is 2.82. The fourth-order valence-electron chi connectivity index (χ4n) is 2.30. The molecule has 0 fully saturated rings. The number of furan rings is 1. The molecule has 1 aliphatic rings. The molecule has 1 aliphatic heterocycles. The molecule has 0 radical (unpaired) electrons. The van der Waals surface area contributed by atoms with Crippen LogP contribution < -0.4 is 5.32 Å². The highest BCUT2D eigenvalue weighted by atomic mass is 16.3. The maximum atomic E-state index is 12.4. The predicted molar refractivity (Wildman–Crippen MR) is 73.8 cm³/mol. The molecule has 0 saturated carbocycles. The van der Waals surface area contributed by atoms with E-state index < -0.39 is 0 Å². The number of nitrogens with zero attached hydrogens (tertiary/aromatic N) is 1. The summed E-state index contributed by atoms with van der Waals surface area (Å²) < 4.78 is 5.16. The predicted octanol–water partition coefficient (Wildman–Crippen LogP) is 2.80. The van der Waals surface area contributed by atoms with Crippen molar-refractivity contribution in [2.24, 2.45) is 0 Å². The van der Waals surface area contributed by atoms with Crippen LogP contribution in [0.2, 0.25) is 0 Å². The first-order valence-electron chi connectivity index (χ1n) is 6.30. The summed E-state index contributed by atoms with van der Waals surface area (Å²) in [5.41, 5.74) is 2.85. The number of hydrogen-bond donors (Lipinski definition) is 1. The summed E-state index contributed by atoms with van der Waals surface area (Å²) in [7, 11) is 1.72. The first-order valence-corrected chi connectivity index (χ1v) is 6.30. The number of anilines is 1. The van der Waals surface area contributed by atoms with E-state index in [4.69, 9.17) is 4.42 Å². The SMILES string of the molecule is Cc1occc1C(=O)c1ccc2c(c1)CN(C)C(=O)N2. The summed E-state index contributed by atoms with van der Waals surface area (Å²) in [5, 5.41) is 2.78. The molecule has 2 amide bonds. The molecule has 0 aliphatic carbocycles. The number of nitrogens with one attached hydrogen (secondary N) is 1. The first kappa shape index (κ1) is 12.5. The second-order valence-corrected chi connectivity index (χ2v) is 4.88. The molecule has 2 heterocycles. The number of rotatable bonds is 2. The van der Waals surface area contributed by atoms with Crippen LogP contribution in [0.15, 0.2) is 34.9 Å². The number of ketones is 1. The Bertz CT molecular complexity index is 703. The van der Waals surface area contributed by atoms with Crippen molar-refractivity contribution in [3.05, 3.63) is 53.0 Å². The Balaban J connectivity index is 1.97. The summed E-state index contributed by atoms with van der Waals surface area (Å²) >= 11 is 0. The van der Waals surface area contributed by atoms with E-state index in [9.17, 15) is 9.59 Å². The number of amides is 2. The van der Waals surface area contributed by atoms with Crippen molar-refractivity contribution in [3.8, 4) is 0 Å². The van der Waals surface area contributed by atoms with Crippen molar-refractivity contribution in [1.29, 1.82) is 0 Å². The maximum Gasteiger partial charge on any atom is 0.321 e. The molecular formula is C15H14N2O3. The van der Waals surface area contributed by atoms with Crippen LogP contribution >= 0.6 is 0 Å². The van der Waals surface area contributed by atoms with E-state index in [2.05, 4.69) is 5.32 Å². The molecule has 1 N–H and O–H groups in total. The van der Waals surface area contributed by atoms with Gasteiger partial charge < -0.3 is 14.6 Å². The van der Waals surface area contributed by atoms with E-state index in [1.165, 1.54) is 6.26 Å². The monoisotopic (exact) mass is 270 g/mol. The molecule has 0 spiro atoms. The van der Waals surface area contributed by atoms with Gasteiger partial charge in [-0.1, -0.05) is 0 Å². The lowest BCUT2D eigenvalue weighted by Crippen LogP contribution is -2.35. The van der Waals surface area contributed by atoms with Crippen molar-refractivity contribution in [1.82, 2.24) is 4.90 Å². The Labute approximate surface area is 116 Å². The van der Waals surface area contributed by atoms with Crippen LogP contribution in [0, 0.1) is 6.92 Å². The third-order valence-electron chi connectivity index (χ3n) is 3.47. The fourth-order valence-corrected chi connectivity index (χ4v) is 2.30. The van der Waals surface area contributed by atoms with Crippen LogP contribution in [0.1, 0.15) is 27.2 Å². The number of carbonyl (C=O) groups excluding carboxylic acids is 2. The van der Waals surface area contributed by atoms with E-state index in [0.717, 1.165) is 11.3 Å². The van der Waals surface area contributed by atoms with Crippen LogP contribution in [0.5, 0.6) is 0 Å². The van der Waals surface area contributed by atoms with Gasteiger partial charge in [-0.25, -0.2) is 4.79 Å². The van der Waals surface area contributed by atoms with Gasteiger partial charge in [0.1, 0.15) is 5.76 Å². The van der Waals surface area contributed by atoms with Crippen LogP contribution in [0.25, 0.3) is 0 Å². The summed E-state index contributed by atoms with van der Waals surface area (Å²) in [6.45, 7) is 2.26. The molecule has 1 aromatic heterocycles. The molecule has 0 bridgehead atoms. The average molecular weight is 270 g/mol. The molecule has 1 aromatic carbocycles. The Morgan fingerprint density at radius 2 is 2.15 bits per heavy atom. The first-order chi connectivity index (χ1) is 9.56. The zero-order valence-electron chi connectivity index (χ0n) is 11.3. The lowest BCUT2D eigenvalue weighted by Gasteiger charge is -2.26. The van der Waals surface area contributed by atoms with Gasteiger partial charge in [0.2, 0.25) is 0 Å². The lowest BCUT2D eigenvalue weighted by atomic mass is 10.00. The molecule has 5 nitrogen and oxygen atoms in total. The van der Waals surface area contributed by atoms with Crippen LogP contribution in [0.3, 0.4) is 0 Å². The van der Waals surface area contributed by atoms with Crippen molar-refractivity contribution >= 4 is 17.5 Å². The average Bonchev–Trinajstić information content (AvgIpc) is 2.85. The number of hydrogen-bond acceptors (Lipinski definition) is 3. The highest BCUT2D eigenvalue weighted by Crippen LogP contribution is 2.25. The number of fused-ring (bicyclic) bond motifs is 1. The minimum absolute atomic E-state index is 0.0707. The van der Waals surface area contributed by atoms with Gasteiger partial charge in [-0.3, -0.25) is 4.79 Å². The normalized spacial score (nSPS) is 13.9. The summed E-state index contributed by atoms with van der Waals surface area (Å²) in [4.78, 5) is 25.5. The van der Waals surface area contributed by atoms with Crippen molar-refractivity contribution < 1.29 is 14.0 Å². The molecule has 3 rings (SSSR count). The van der Waals surface area contributed by atoms with E-state index in [0.29, 0.717) is 23.4 Å². The third-order valence-corrected chi connectivity index (χ3v) is 3.47. The number of aryl methyl sites for hydroxylation is 1. The molecule has 0 atom stereocenters. The van der Waals surface area contributed by atoms with Gasteiger partial charge in [0, 0.05) is 24.8 Å². The van der Waals surface area contributed by atoms with Crippen LogP contribution in [-0.2, 0) is 6.54 Å². The Morgan fingerprint density at radius 3 is 2.85 bits per heavy atom. The number of urea groups is 1. The third kappa shape index (κ3) is 1.97. The molecule has 20 heavy (non-hydrogen) atoms. The van der Waals surface area contributed by atoms with Gasteiger partial charge in [0.25, 0.3) is 0 Å². The van der Waals surface area contributed by atoms with Crippen molar-refractivity contribution in [3.63, 3.8) is 0 Å². The topological polar surface area (TPSA) is 62.6 Å². The molecule has 0 unspecified atom stereocenters. The Morgan fingerprint density at radius 1 is 1.35 bits per heavy atom. The van der Waals surface area contributed by atoms with Gasteiger partial charge >= 0.3 is 6.03 Å². The molecule has 0 saturated heterocycles.